The van der Waals surface area contributed by atoms with E-state index in [2.05, 4.69) is 20.9 Å². The molecule has 1 aromatic heterocycles. The third-order valence-corrected chi connectivity index (χ3v) is 4.28. The van der Waals surface area contributed by atoms with Gasteiger partial charge in [0.25, 0.3) is 0 Å². The lowest BCUT2D eigenvalue weighted by molar-refractivity contribution is 0.0526. The van der Waals surface area contributed by atoms with Crippen molar-refractivity contribution in [2.45, 2.75) is 6.92 Å². The van der Waals surface area contributed by atoms with Gasteiger partial charge in [-0.2, -0.15) is 0 Å². The van der Waals surface area contributed by atoms with Crippen molar-refractivity contribution >= 4 is 17.5 Å². The third kappa shape index (κ3) is 3.84. The van der Waals surface area contributed by atoms with E-state index < -0.39 is 0 Å². The van der Waals surface area contributed by atoms with Crippen LogP contribution in [-0.2, 0) is 4.74 Å². The molecule has 0 unspecified atom stereocenters. The zero-order chi connectivity index (χ0) is 17.6. The van der Waals surface area contributed by atoms with Crippen LogP contribution < -0.4 is 14.5 Å². The number of carbonyl (C=O) groups is 1. The Bertz CT molecular complexity index is 727. The first-order chi connectivity index (χ1) is 12.2. The number of piperazine rings is 1. The molecule has 1 aromatic carbocycles. The Kier molecular flexibility index (Phi) is 5.38. The van der Waals surface area contributed by atoms with Crippen LogP contribution in [0.2, 0.25) is 0 Å². The predicted molar refractivity (Wildman–Crippen MR) is 97.6 cm³/mol. The molecule has 0 atom stereocenters. The van der Waals surface area contributed by atoms with E-state index in [-0.39, 0.29) is 5.97 Å². The summed E-state index contributed by atoms with van der Waals surface area (Å²) in [6.07, 6.45) is 1.71. The number of carbonyl (C=O) groups excluding carboxylic acids is 1. The summed E-state index contributed by atoms with van der Waals surface area (Å²) >= 11 is 0. The van der Waals surface area contributed by atoms with Crippen LogP contribution in [0.5, 0.6) is 5.75 Å². The molecule has 0 amide bonds. The molecule has 1 saturated heterocycles. The number of rotatable bonds is 5. The quantitative estimate of drug-likeness (QED) is 0.779. The van der Waals surface area contributed by atoms with Crippen LogP contribution in [0.1, 0.15) is 17.3 Å². The fourth-order valence-corrected chi connectivity index (χ4v) is 3.00. The number of anilines is 2. The van der Waals surface area contributed by atoms with Crippen molar-refractivity contribution in [3.05, 3.63) is 48.2 Å². The van der Waals surface area contributed by atoms with E-state index in [1.54, 1.807) is 32.4 Å². The molecule has 6 nitrogen and oxygen atoms in total. The average molecular weight is 341 g/mol. The normalized spacial score (nSPS) is 14.3. The van der Waals surface area contributed by atoms with Gasteiger partial charge < -0.3 is 19.3 Å². The number of ether oxygens (including phenoxy) is 2. The van der Waals surface area contributed by atoms with Crippen LogP contribution in [-0.4, -0.2) is 50.8 Å². The van der Waals surface area contributed by atoms with Crippen LogP contribution in [0.4, 0.5) is 11.5 Å². The highest BCUT2D eigenvalue weighted by Gasteiger charge is 2.23. The van der Waals surface area contributed by atoms with Crippen molar-refractivity contribution in [1.29, 1.82) is 0 Å². The first kappa shape index (κ1) is 17.1. The van der Waals surface area contributed by atoms with Crippen LogP contribution in [0.15, 0.2) is 42.6 Å². The van der Waals surface area contributed by atoms with Crippen LogP contribution in [0, 0.1) is 0 Å². The molecule has 1 aliphatic rings. The minimum absolute atomic E-state index is 0.319. The molecule has 0 radical (unpaired) electrons. The molecule has 0 N–H and O–H groups in total. The minimum atomic E-state index is -0.319. The smallest absolute Gasteiger partial charge is 0.341 e. The van der Waals surface area contributed by atoms with Gasteiger partial charge in [0.2, 0.25) is 0 Å². The number of hydrogen-bond acceptors (Lipinski definition) is 6. The molecule has 2 heterocycles. The summed E-state index contributed by atoms with van der Waals surface area (Å²) in [4.78, 5) is 21.0. The maximum absolute atomic E-state index is 12.2. The molecule has 0 bridgehead atoms. The highest BCUT2D eigenvalue weighted by atomic mass is 16.5. The fourth-order valence-electron chi connectivity index (χ4n) is 3.00. The van der Waals surface area contributed by atoms with Gasteiger partial charge in [0.05, 0.1) is 13.7 Å². The van der Waals surface area contributed by atoms with Gasteiger partial charge in [-0.3, -0.25) is 0 Å². The lowest BCUT2D eigenvalue weighted by atomic mass is 10.2. The highest BCUT2D eigenvalue weighted by molar-refractivity contribution is 5.94. The minimum Gasteiger partial charge on any atom is -0.497 e. The lowest BCUT2D eigenvalue weighted by Gasteiger charge is -2.37. The van der Waals surface area contributed by atoms with Gasteiger partial charge in [-0.1, -0.05) is 6.07 Å². The fraction of sp³-hybridized carbons (Fsp3) is 0.368. The monoisotopic (exact) mass is 341 g/mol. The molecule has 1 aliphatic heterocycles. The SMILES string of the molecule is CCOC(=O)c1cccnc1N1CCN(c2cccc(OC)c2)CC1. The van der Waals surface area contributed by atoms with E-state index in [0.29, 0.717) is 18.0 Å². The van der Waals surface area contributed by atoms with Crippen molar-refractivity contribution in [3.8, 4) is 5.75 Å². The van der Waals surface area contributed by atoms with Crippen molar-refractivity contribution in [1.82, 2.24) is 4.98 Å². The summed E-state index contributed by atoms with van der Waals surface area (Å²) in [7, 11) is 1.68. The van der Waals surface area contributed by atoms with E-state index >= 15 is 0 Å². The second-order valence-corrected chi connectivity index (χ2v) is 5.77. The van der Waals surface area contributed by atoms with Gasteiger partial charge in [-0.15, -0.1) is 0 Å². The standard InChI is InChI=1S/C19H23N3O3/c1-3-25-19(23)17-8-5-9-20-18(17)22-12-10-21(11-13-22)15-6-4-7-16(14-15)24-2/h4-9,14H,3,10-13H2,1-2H3. The van der Waals surface area contributed by atoms with Crippen LogP contribution in [0.25, 0.3) is 0 Å². The second-order valence-electron chi connectivity index (χ2n) is 5.77. The lowest BCUT2D eigenvalue weighted by Crippen LogP contribution is -2.47. The molecule has 2 aromatic rings. The van der Waals surface area contributed by atoms with Crippen LogP contribution >= 0.6 is 0 Å². The van der Waals surface area contributed by atoms with Gasteiger partial charge in [0, 0.05) is 44.1 Å². The molecule has 132 valence electrons. The largest absolute Gasteiger partial charge is 0.497 e. The Morgan fingerprint density at radius 3 is 2.60 bits per heavy atom. The molecular weight excluding hydrogens is 318 g/mol. The first-order valence-corrected chi connectivity index (χ1v) is 8.49. The van der Waals surface area contributed by atoms with Crippen molar-refractivity contribution in [2.24, 2.45) is 0 Å². The maximum atomic E-state index is 12.2. The molecule has 3 rings (SSSR count). The number of methoxy groups -OCH3 is 1. The number of aromatic nitrogens is 1. The Hall–Kier alpha value is -2.76. The summed E-state index contributed by atoms with van der Waals surface area (Å²) in [5.74, 6) is 1.24. The zero-order valence-electron chi connectivity index (χ0n) is 14.6. The van der Waals surface area contributed by atoms with E-state index in [0.717, 1.165) is 37.6 Å². The Labute approximate surface area is 148 Å². The van der Waals surface area contributed by atoms with Gasteiger partial charge in [-0.05, 0) is 31.2 Å². The Balaban J connectivity index is 1.71. The number of benzene rings is 1. The van der Waals surface area contributed by atoms with E-state index in [1.807, 2.05) is 18.2 Å². The second kappa shape index (κ2) is 7.88. The van der Waals surface area contributed by atoms with Gasteiger partial charge in [-0.25, -0.2) is 9.78 Å². The predicted octanol–water partition coefficient (Wildman–Crippen LogP) is 2.59. The third-order valence-electron chi connectivity index (χ3n) is 4.28. The first-order valence-electron chi connectivity index (χ1n) is 8.49. The van der Waals surface area contributed by atoms with Crippen molar-refractivity contribution in [2.75, 3.05) is 49.7 Å². The molecule has 0 saturated carbocycles. The summed E-state index contributed by atoms with van der Waals surface area (Å²) in [5, 5.41) is 0. The number of hydrogen-bond donors (Lipinski definition) is 0. The molecular formula is C19H23N3O3. The Morgan fingerprint density at radius 2 is 1.88 bits per heavy atom. The zero-order valence-corrected chi connectivity index (χ0v) is 14.6. The van der Waals surface area contributed by atoms with E-state index in [4.69, 9.17) is 9.47 Å². The summed E-state index contributed by atoms with van der Waals surface area (Å²) in [6, 6.07) is 11.6. The number of pyridine rings is 1. The molecule has 1 fully saturated rings. The van der Waals surface area contributed by atoms with E-state index in [9.17, 15) is 4.79 Å². The summed E-state index contributed by atoms with van der Waals surface area (Å²) in [6.45, 7) is 5.46. The Morgan fingerprint density at radius 1 is 1.12 bits per heavy atom. The van der Waals surface area contributed by atoms with Gasteiger partial charge in [0.1, 0.15) is 17.1 Å². The number of nitrogens with zero attached hydrogens (tertiary/aromatic N) is 3. The van der Waals surface area contributed by atoms with Gasteiger partial charge in [0.15, 0.2) is 0 Å². The van der Waals surface area contributed by atoms with Crippen molar-refractivity contribution < 1.29 is 14.3 Å². The van der Waals surface area contributed by atoms with Gasteiger partial charge >= 0.3 is 5.97 Å². The number of esters is 1. The average Bonchev–Trinajstić information content (AvgIpc) is 2.68. The van der Waals surface area contributed by atoms with Crippen molar-refractivity contribution in [3.63, 3.8) is 0 Å². The van der Waals surface area contributed by atoms with Crippen LogP contribution in [0.3, 0.4) is 0 Å². The molecule has 0 aliphatic carbocycles. The molecule has 0 spiro atoms. The van der Waals surface area contributed by atoms with E-state index in [1.165, 1.54) is 0 Å². The summed E-state index contributed by atoms with van der Waals surface area (Å²) in [5.41, 5.74) is 1.67. The molecule has 6 heteroatoms. The highest BCUT2D eigenvalue weighted by Crippen LogP contribution is 2.25. The molecule has 25 heavy (non-hydrogen) atoms. The summed E-state index contributed by atoms with van der Waals surface area (Å²) < 4.78 is 10.4. The topological polar surface area (TPSA) is 54.9 Å². The maximum Gasteiger partial charge on any atom is 0.341 e.